The first kappa shape index (κ1) is 34.0. The van der Waals surface area contributed by atoms with Gasteiger partial charge in [-0.2, -0.15) is 0 Å². The van der Waals surface area contributed by atoms with E-state index in [0.717, 1.165) is 49.1 Å². The van der Waals surface area contributed by atoms with Crippen LogP contribution in [0.4, 0.5) is 0 Å². The van der Waals surface area contributed by atoms with E-state index < -0.39 is 0 Å². The van der Waals surface area contributed by atoms with Crippen molar-refractivity contribution in [3.8, 4) is 44.5 Å². The van der Waals surface area contributed by atoms with Gasteiger partial charge in [0.25, 0.3) is 0 Å². The molecule has 5 heteroatoms. The lowest BCUT2D eigenvalue weighted by molar-refractivity contribution is 1.02. The third-order valence-electron chi connectivity index (χ3n) is 12.3. The average molecular weight is 795 g/mol. The van der Waals surface area contributed by atoms with Crippen LogP contribution in [0.25, 0.3) is 120 Å². The summed E-state index contributed by atoms with van der Waals surface area (Å²) in [7, 11) is 0. The van der Waals surface area contributed by atoms with Crippen LogP contribution in [-0.2, 0) is 0 Å². The van der Waals surface area contributed by atoms with E-state index in [1.165, 1.54) is 64.7 Å². The molecule has 0 amide bonds. The molecular weight excluding hydrogens is 761 g/mol. The molecule has 0 aliphatic carbocycles. The summed E-state index contributed by atoms with van der Waals surface area (Å²) in [4.78, 5) is 12.2. The minimum Gasteiger partial charge on any atom is -0.309 e. The summed E-state index contributed by atoms with van der Waals surface area (Å²) in [5.74, 6) is 0.660. The second-order valence-electron chi connectivity index (χ2n) is 15.8. The second-order valence-corrected chi connectivity index (χ2v) is 16.8. The van der Waals surface area contributed by atoms with Crippen LogP contribution in [0.2, 0.25) is 0 Å². The molecule has 13 rings (SSSR count). The Morgan fingerprint density at radius 3 is 1.77 bits per heavy atom. The van der Waals surface area contributed by atoms with Gasteiger partial charge in [0, 0.05) is 43.1 Å². The Kier molecular flexibility index (Phi) is 7.44. The Morgan fingerprint density at radius 2 is 0.984 bits per heavy atom. The third kappa shape index (κ3) is 5.24. The molecule has 0 bridgehead atoms. The first-order valence-electron chi connectivity index (χ1n) is 20.7. The van der Waals surface area contributed by atoms with Crippen LogP contribution in [-0.4, -0.2) is 19.1 Å². The summed E-state index contributed by atoms with van der Waals surface area (Å²) in [5, 5.41) is 9.61. The summed E-state index contributed by atoms with van der Waals surface area (Å²) < 4.78 is 5.75. The van der Waals surface area contributed by atoms with E-state index >= 15 is 0 Å². The number of hydrogen-bond donors (Lipinski definition) is 0. The quantitative estimate of drug-likeness (QED) is 0.174. The monoisotopic (exact) mass is 794 g/mol. The second kappa shape index (κ2) is 13.3. The number of nitrogens with zero attached hydrogens (tertiary/aromatic N) is 4. The number of hydrogen-bond acceptors (Lipinski definition) is 3. The molecule has 4 heterocycles. The number of aromatic nitrogens is 4. The van der Waals surface area contributed by atoms with Gasteiger partial charge in [-0.3, -0.25) is 4.57 Å². The van der Waals surface area contributed by atoms with Crippen molar-refractivity contribution in [1.82, 2.24) is 19.1 Å². The molecule has 0 saturated carbocycles. The topological polar surface area (TPSA) is 35.6 Å². The van der Waals surface area contributed by atoms with Crippen molar-refractivity contribution in [1.29, 1.82) is 0 Å². The molecule has 61 heavy (non-hydrogen) atoms. The normalized spacial score (nSPS) is 11.9. The lowest BCUT2D eigenvalue weighted by Crippen LogP contribution is -2.03. The molecule has 0 atom stereocenters. The molecule has 4 nitrogen and oxygen atoms in total. The average Bonchev–Trinajstić information content (AvgIpc) is 4.01. The zero-order valence-corrected chi connectivity index (χ0v) is 33.6. The summed E-state index contributed by atoms with van der Waals surface area (Å²) in [6.45, 7) is 0. The Balaban J connectivity index is 1.05. The molecule has 0 saturated heterocycles. The molecule has 13 aromatic rings. The summed E-state index contributed by atoms with van der Waals surface area (Å²) in [6, 6.07) is 74.3. The van der Waals surface area contributed by atoms with Crippen LogP contribution in [0.15, 0.2) is 206 Å². The largest absolute Gasteiger partial charge is 0.309 e. The van der Waals surface area contributed by atoms with Crippen molar-refractivity contribution in [2.24, 2.45) is 0 Å². The van der Waals surface area contributed by atoms with E-state index in [4.69, 9.17) is 9.97 Å². The molecule has 0 spiro atoms. The van der Waals surface area contributed by atoms with E-state index in [2.05, 4.69) is 215 Å². The van der Waals surface area contributed by atoms with Gasteiger partial charge in [0.05, 0.1) is 38.0 Å². The number of fused-ring (bicyclic) bond motifs is 10. The molecule has 0 unspecified atom stereocenters. The molecule has 0 aliphatic rings. The Hall–Kier alpha value is -7.86. The zero-order valence-electron chi connectivity index (χ0n) is 32.8. The van der Waals surface area contributed by atoms with Gasteiger partial charge < -0.3 is 4.57 Å². The van der Waals surface area contributed by atoms with Crippen molar-refractivity contribution >= 4 is 86.7 Å². The SMILES string of the molecule is c1ccc(-c2nc(-n3c4ccc(-c5ccc6c(c5)c5ccccc5n6-c5ccccc5)cc4c4ccc5ccccc5c43)nc3cc(-c4cccc5ccccc45)sc23)cc1. The molecule has 0 aliphatic heterocycles. The molecule has 0 N–H and O–H groups in total. The van der Waals surface area contributed by atoms with E-state index in [0.29, 0.717) is 5.95 Å². The molecule has 284 valence electrons. The van der Waals surface area contributed by atoms with Gasteiger partial charge in [-0.05, 0) is 81.4 Å². The van der Waals surface area contributed by atoms with Gasteiger partial charge >= 0.3 is 0 Å². The fraction of sp³-hybridized carbons (Fsp3) is 0. The van der Waals surface area contributed by atoms with Crippen molar-refractivity contribution in [3.05, 3.63) is 206 Å². The van der Waals surface area contributed by atoms with Crippen LogP contribution in [0.3, 0.4) is 0 Å². The highest BCUT2D eigenvalue weighted by Gasteiger charge is 2.22. The van der Waals surface area contributed by atoms with Gasteiger partial charge in [0.2, 0.25) is 5.95 Å². The van der Waals surface area contributed by atoms with Crippen molar-refractivity contribution in [2.45, 2.75) is 0 Å². The van der Waals surface area contributed by atoms with Gasteiger partial charge in [0.15, 0.2) is 0 Å². The lowest BCUT2D eigenvalue weighted by Gasteiger charge is -2.11. The highest BCUT2D eigenvalue weighted by Crippen LogP contribution is 2.43. The fourth-order valence-corrected chi connectivity index (χ4v) is 10.7. The molecule has 0 fully saturated rings. The molecular formula is C56H34N4S. The zero-order chi connectivity index (χ0) is 40.0. The maximum atomic E-state index is 5.52. The summed E-state index contributed by atoms with van der Waals surface area (Å²) in [5.41, 5.74) is 12.2. The van der Waals surface area contributed by atoms with Crippen molar-refractivity contribution in [3.63, 3.8) is 0 Å². The van der Waals surface area contributed by atoms with Gasteiger partial charge in [-0.25, -0.2) is 9.97 Å². The first-order valence-corrected chi connectivity index (χ1v) is 21.5. The predicted octanol–water partition coefficient (Wildman–Crippen LogP) is 15.2. The maximum absolute atomic E-state index is 5.52. The van der Waals surface area contributed by atoms with Crippen molar-refractivity contribution in [2.75, 3.05) is 0 Å². The standard InChI is InChI=1S/C56H34N4S/c1-3-16-37(17-4-1)53-55-48(34-52(61-55)44-24-13-18-35-14-7-9-21-41(35)44)57-56(58-53)60-51-31-28-39(33-47(51)45-29-26-36-15-8-10-22-42(36)54(45)60)38-27-30-50-46(32-38)43-23-11-12-25-49(43)59(50)40-19-5-2-6-20-40/h1-34H. The predicted molar refractivity (Wildman–Crippen MR) is 257 cm³/mol. The molecule has 9 aromatic carbocycles. The van der Waals surface area contributed by atoms with E-state index in [1.54, 1.807) is 11.3 Å². The smallest absolute Gasteiger partial charge is 0.235 e. The highest BCUT2D eigenvalue weighted by molar-refractivity contribution is 7.22. The number of rotatable bonds is 5. The first-order chi connectivity index (χ1) is 30.2. The van der Waals surface area contributed by atoms with Gasteiger partial charge in [-0.1, -0.05) is 158 Å². The van der Waals surface area contributed by atoms with E-state index in [-0.39, 0.29) is 0 Å². The van der Waals surface area contributed by atoms with Crippen LogP contribution >= 0.6 is 11.3 Å². The maximum Gasteiger partial charge on any atom is 0.235 e. The Bertz CT molecular complexity index is 3870. The highest BCUT2D eigenvalue weighted by atomic mass is 32.1. The van der Waals surface area contributed by atoms with Crippen LogP contribution in [0, 0.1) is 0 Å². The third-order valence-corrected chi connectivity index (χ3v) is 13.5. The summed E-state index contributed by atoms with van der Waals surface area (Å²) >= 11 is 1.77. The van der Waals surface area contributed by atoms with E-state index in [9.17, 15) is 0 Å². The Labute approximate surface area is 354 Å². The fourth-order valence-electron chi connectivity index (χ4n) is 9.56. The molecule has 4 aromatic heterocycles. The van der Waals surface area contributed by atoms with E-state index in [1.807, 2.05) is 0 Å². The molecule has 0 radical (unpaired) electrons. The number of para-hydroxylation sites is 2. The van der Waals surface area contributed by atoms with Gasteiger partial charge in [0.1, 0.15) is 0 Å². The van der Waals surface area contributed by atoms with Crippen molar-refractivity contribution < 1.29 is 0 Å². The van der Waals surface area contributed by atoms with Crippen LogP contribution in [0.5, 0.6) is 0 Å². The minimum absolute atomic E-state index is 0.660. The minimum atomic E-state index is 0.660. The van der Waals surface area contributed by atoms with Gasteiger partial charge in [-0.15, -0.1) is 11.3 Å². The van der Waals surface area contributed by atoms with Crippen LogP contribution in [0.1, 0.15) is 0 Å². The summed E-state index contributed by atoms with van der Waals surface area (Å²) in [6.07, 6.45) is 0. The number of benzene rings is 9. The van der Waals surface area contributed by atoms with Crippen LogP contribution < -0.4 is 0 Å². The lowest BCUT2D eigenvalue weighted by atomic mass is 10.00. The Morgan fingerprint density at radius 1 is 0.377 bits per heavy atom. The number of thiophene rings is 1.